The molecule has 8 heavy (non-hydrogen) atoms. The van der Waals surface area contributed by atoms with Crippen molar-refractivity contribution >= 4 is 6.29 Å². The molecule has 1 radical (unpaired) electrons. The van der Waals surface area contributed by atoms with Crippen LogP contribution in [0.2, 0.25) is 0 Å². The molecule has 2 N–H and O–H groups in total. The monoisotopic (exact) mass is 112 g/mol. The van der Waals surface area contributed by atoms with Gasteiger partial charge < -0.3 is 0 Å². The molecule has 0 fully saturated rings. The zero-order chi connectivity index (χ0) is 5.98. The fraction of sp³-hybridized carbons (Fsp3) is 0. The molecule has 1 aromatic rings. The van der Waals surface area contributed by atoms with Crippen LogP contribution in [0.3, 0.4) is 0 Å². The third-order valence-corrected chi connectivity index (χ3v) is 0.598. The van der Waals surface area contributed by atoms with Gasteiger partial charge >= 0.3 is 5.69 Å². The van der Waals surface area contributed by atoms with Crippen molar-refractivity contribution in [1.29, 1.82) is 0 Å². The lowest BCUT2D eigenvalue weighted by Crippen LogP contribution is -2.00. The van der Waals surface area contributed by atoms with Gasteiger partial charge in [0.15, 0.2) is 0 Å². The first kappa shape index (κ1) is 4.76. The lowest BCUT2D eigenvalue weighted by molar-refractivity contribution is 0.560. The van der Waals surface area contributed by atoms with Crippen LogP contribution in [-0.4, -0.2) is 21.5 Å². The number of nitrogens with zero attached hydrogens (tertiary/aromatic N) is 1. The highest BCUT2D eigenvalue weighted by Crippen LogP contribution is 1.66. The molecule has 5 nitrogen and oxygen atoms in total. The first-order chi connectivity index (χ1) is 3.83. The zero-order valence-electron chi connectivity index (χ0n) is 3.76. The predicted molar refractivity (Wildman–Crippen MR) is 24.0 cm³/mol. The van der Waals surface area contributed by atoms with E-state index in [1.165, 1.54) is 6.29 Å². The lowest BCUT2D eigenvalue weighted by Gasteiger charge is -1.63. The molecule has 1 aromatic heterocycles. The summed E-state index contributed by atoms with van der Waals surface area (Å²) in [7, 11) is 0. The van der Waals surface area contributed by atoms with Crippen LogP contribution >= 0.6 is 0 Å². The van der Waals surface area contributed by atoms with Crippen LogP contribution in [0.5, 0.6) is 0 Å². The highest BCUT2D eigenvalue weighted by atomic mass is 16.1. The Hall–Kier alpha value is -1.39. The van der Waals surface area contributed by atoms with Crippen LogP contribution in [-0.2, 0) is 4.79 Å². The van der Waals surface area contributed by atoms with Gasteiger partial charge in [0.05, 0.1) is 0 Å². The summed E-state index contributed by atoms with van der Waals surface area (Å²) >= 11 is 0. The highest BCUT2D eigenvalue weighted by Gasteiger charge is 1.91. The average molecular weight is 112 g/mol. The second kappa shape index (κ2) is 1.61. The molecular formula is C3H2N3O2. The number of carbonyl (C=O) groups excluding carboxylic acids is 1. The maximum Gasteiger partial charge on any atom is 0.341 e. The van der Waals surface area contributed by atoms with E-state index in [0.29, 0.717) is 0 Å². The van der Waals surface area contributed by atoms with Gasteiger partial charge in [0.25, 0.3) is 6.29 Å². The zero-order valence-corrected chi connectivity index (χ0v) is 3.76. The minimum absolute atomic E-state index is 0.102. The van der Waals surface area contributed by atoms with Crippen LogP contribution in [0.15, 0.2) is 4.79 Å². The van der Waals surface area contributed by atoms with E-state index in [2.05, 4.69) is 10.1 Å². The molecular weight excluding hydrogens is 110 g/mol. The minimum atomic E-state index is -0.497. The molecule has 0 unspecified atom stereocenters. The summed E-state index contributed by atoms with van der Waals surface area (Å²) in [5, 5.41) is 5.21. The molecule has 0 aliphatic heterocycles. The van der Waals surface area contributed by atoms with Crippen molar-refractivity contribution in [1.82, 2.24) is 15.2 Å². The molecule has 0 spiro atoms. The third kappa shape index (κ3) is 0.651. The van der Waals surface area contributed by atoms with E-state index in [1.807, 2.05) is 5.10 Å². The summed E-state index contributed by atoms with van der Waals surface area (Å²) in [5.74, 6) is -0.102. The molecule has 41 valence electrons. The van der Waals surface area contributed by atoms with Gasteiger partial charge in [-0.15, -0.1) is 5.10 Å². The van der Waals surface area contributed by atoms with Gasteiger partial charge in [-0.25, -0.2) is 9.89 Å². The summed E-state index contributed by atoms with van der Waals surface area (Å²) in [4.78, 5) is 21.8. The molecule has 0 saturated heterocycles. The number of H-pyrrole nitrogens is 2. The lowest BCUT2D eigenvalue weighted by atomic mass is 10.7. The molecule has 0 bridgehead atoms. The van der Waals surface area contributed by atoms with E-state index in [-0.39, 0.29) is 5.82 Å². The molecule has 0 atom stereocenters. The third-order valence-electron chi connectivity index (χ3n) is 0.598. The first-order valence-electron chi connectivity index (χ1n) is 1.86. The van der Waals surface area contributed by atoms with Gasteiger partial charge in [0.1, 0.15) is 0 Å². The van der Waals surface area contributed by atoms with Gasteiger partial charge in [0, 0.05) is 0 Å². The molecule has 1 heterocycles. The fourth-order valence-corrected chi connectivity index (χ4v) is 0.318. The van der Waals surface area contributed by atoms with E-state index in [4.69, 9.17) is 0 Å². The van der Waals surface area contributed by atoms with Crippen LogP contribution < -0.4 is 5.69 Å². The molecule has 5 heteroatoms. The minimum Gasteiger partial charge on any atom is -0.286 e. The van der Waals surface area contributed by atoms with Crippen LogP contribution in [0.1, 0.15) is 5.82 Å². The molecule has 0 saturated carbocycles. The maximum atomic E-state index is 10.1. The van der Waals surface area contributed by atoms with Gasteiger partial charge in [0.2, 0.25) is 5.82 Å². The van der Waals surface area contributed by atoms with Crippen molar-refractivity contribution in [2.24, 2.45) is 0 Å². The Balaban J connectivity index is 3.18. The molecule has 0 aliphatic rings. The fourth-order valence-electron chi connectivity index (χ4n) is 0.318. The summed E-state index contributed by atoms with van der Waals surface area (Å²) in [5.41, 5.74) is -0.497. The number of hydrogen-bond donors (Lipinski definition) is 2. The Morgan fingerprint density at radius 3 is 2.62 bits per heavy atom. The van der Waals surface area contributed by atoms with Gasteiger partial charge in [-0.1, -0.05) is 0 Å². The summed E-state index contributed by atoms with van der Waals surface area (Å²) in [6, 6.07) is 0. The Morgan fingerprint density at radius 2 is 2.38 bits per heavy atom. The second-order valence-corrected chi connectivity index (χ2v) is 1.13. The van der Waals surface area contributed by atoms with Crippen molar-refractivity contribution in [2.75, 3.05) is 0 Å². The van der Waals surface area contributed by atoms with Crippen molar-refractivity contribution in [3.8, 4) is 0 Å². The SMILES string of the molecule is O=[C]c1n[nH]c(=O)[nH]1. The first-order valence-corrected chi connectivity index (χ1v) is 1.86. The van der Waals surface area contributed by atoms with Gasteiger partial charge in [-0.05, 0) is 0 Å². The summed E-state index contributed by atoms with van der Waals surface area (Å²) < 4.78 is 0. The van der Waals surface area contributed by atoms with Crippen molar-refractivity contribution in [3.05, 3.63) is 16.3 Å². The summed E-state index contributed by atoms with van der Waals surface area (Å²) in [6.45, 7) is 0. The number of aromatic amines is 2. The molecule has 0 aliphatic carbocycles. The van der Waals surface area contributed by atoms with Gasteiger partial charge in [-0.2, -0.15) is 0 Å². The van der Waals surface area contributed by atoms with Crippen LogP contribution in [0.4, 0.5) is 0 Å². The van der Waals surface area contributed by atoms with Gasteiger partial charge in [-0.3, -0.25) is 9.78 Å². The topological polar surface area (TPSA) is 78.6 Å². The largest absolute Gasteiger partial charge is 0.341 e. The maximum absolute atomic E-state index is 10.1. The average Bonchev–Trinajstić information content (AvgIpc) is 2.14. The Kier molecular flexibility index (Phi) is 0.957. The van der Waals surface area contributed by atoms with E-state index >= 15 is 0 Å². The Bertz CT molecular complexity index is 235. The van der Waals surface area contributed by atoms with E-state index in [0.717, 1.165) is 0 Å². The molecule has 0 amide bonds. The van der Waals surface area contributed by atoms with Crippen LogP contribution in [0, 0.1) is 0 Å². The molecule has 1 rings (SSSR count). The van der Waals surface area contributed by atoms with Crippen molar-refractivity contribution < 1.29 is 4.79 Å². The Morgan fingerprint density at radius 1 is 1.62 bits per heavy atom. The predicted octanol–water partition coefficient (Wildman–Crippen LogP) is -1.44. The summed E-state index contributed by atoms with van der Waals surface area (Å²) in [6.07, 6.45) is 1.40. The van der Waals surface area contributed by atoms with E-state index in [1.54, 1.807) is 0 Å². The number of hydrogen-bond acceptors (Lipinski definition) is 3. The Labute approximate surface area is 43.7 Å². The number of aromatic nitrogens is 3. The molecule has 0 aromatic carbocycles. The van der Waals surface area contributed by atoms with E-state index < -0.39 is 5.69 Å². The highest BCUT2D eigenvalue weighted by molar-refractivity contribution is 5.68. The second-order valence-electron chi connectivity index (χ2n) is 1.13. The van der Waals surface area contributed by atoms with E-state index in [9.17, 15) is 9.59 Å². The quantitative estimate of drug-likeness (QED) is 0.466. The standard InChI is InChI=1S/C3H2N3O2/c7-1-2-4-3(8)6-5-2/h(H2,4,5,6,8). The number of rotatable bonds is 1. The normalized spacial score (nSPS) is 9.00. The van der Waals surface area contributed by atoms with Crippen molar-refractivity contribution in [3.63, 3.8) is 0 Å². The smallest absolute Gasteiger partial charge is 0.286 e. The van der Waals surface area contributed by atoms with Crippen molar-refractivity contribution in [2.45, 2.75) is 0 Å². The van der Waals surface area contributed by atoms with Crippen LogP contribution in [0.25, 0.3) is 0 Å². The number of nitrogens with one attached hydrogen (secondary N) is 2.